The van der Waals surface area contributed by atoms with Gasteiger partial charge in [0.15, 0.2) is 0 Å². The van der Waals surface area contributed by atoms with Gasteiger partial charge in [0.25, 0.3) is 0 Å². The van der Waals surface area contributed by atoms with E-state index in [2.05, 4.69) is 16.6 Å². The summed E-state index contributed by atoms with van der Waals surface area (Å²) >= 11 is 0. The number of rotatable bonds is 6. The minimum absolute atomic E-state index is 0.297. The van der Waals surface area contributed by atoms with E-state index in [1.807, 2.05) is 17.9 Å². The molecule has 0 spiro atoms. The molecule has 1 aromatic heterocycles. The Morgan fingerprint density at radius 3 is 3.12 bits per heavy atom. The first-order chi connectivity index (χ1) is 8.29. The fraction of sp³-hybridized carbons (Fsp3) is 0.750. The molecule has 1 saturated heterocycles. The second-order valence-electron chi connectivity index (χ2n) is 4.48. The summed E-state index contributed by atoms with van der Waals surface area (Å²) in [6, 6.07) is 0.399. The average molecular weight is 239 g/mol. The van der Waals surface area contributed by atoms with Gasteiger partial charge in [0.1, 0.15) is 0 Å². The molecule has 0 amide bonds. The van der Waals surface area contributed by atoms with Crippen LogP contribution in [0.15, 0.2) is 12.4 Å². The van der Waals surface area contributed by atoms with Gasteiger partial charge in [-0.3, -0.25) is 4.68 Å². The van der Waals surface area contributed by atoms with Crippen molar-refractivity contribution in [3.63, 3.8) is 0 Å². The van der Waals surface area contributed by atoms with Crippen LogP contribution in [0.4, 0.5) is 0 Å². The van der Waals surface area contributed by atoms with E-state index in [0.717, 1.165) is 19.4 Å². The van der Waals surface area contributed by atoms with Crippen LogP contribution in [-0.2, 0) is 22.9 Å². The third-order valence-corrected chi connectivity index (χ3v) is 3.12. The zero-order valence-corrected chi connectivity index (χ0v) is 10.6. The molecule has 0 bridgehead atoms. The van der Waals surface area contributed by atoms with Crippen LogP contribution in [0.5, 0.6) is 0 Å². The van der Waals surface area contributed by atoms with Crippen LogP contribution in [-0.4, -0.2) is 48.8 Å². The summed E-state index contributed by atoms with van der Waals surface area (Å²) in [5.41, 5.74) is 1.26. The average Bonchev–Trinajstić information content (AvgIpc) is 2.90. The van der Waals surface area contributed by atoms with Gasteiger partial charge in [-0.25, -0.2) is 0 Å². The minimum Gasteiger partial charge on any atom is -0.382 e. The Labute approximate surface area is 102 Å². The zero-order chi connectivity index (χ0) is 12.1. The van der Waals surface area contributed by atoms with Crippen molar-refractivity contribution in [3.05, 3.63) is 18.0 Å². The number of hydrogen-bond acceptors (Lipinski definition) is 4. The van der Waals surface area contributed by atoms with E-state index in [1.165, 1.54) is 5.56 Å². The molecule has 0 aliphatic carbocycles. The van der Waals surface area contributed by atoms with Gasteiger partial charge in [-0.05, 0) is 24.9 Å². The number of nitrogens with zero attached hydrogens (tertiary/aromatic N) is 2. The topological polar surface area (TPSA) is 48.3 Å². The quantitative estimate of drug-likeness (QED) is 0.728. The van der Waals surface area contributed by atoms with Gasteiger partial charge in [-0.15, -0.1) is 0 Å². The lowest BCUT2D eigenvalue weighted by Crippen LogP contribution is -2.34. The molecule has 0 unspecified atom stereocenters. The van der Waals surface area contributed by atoms with E-state index >= 15 is 0 Å². The highest BCUT2D eigenvalue weighted by Crippen LogP contribution is 2.15. The van der Waals surface area contributed by atoms with Crippen LogP contribution in [0.3, 0.4) is 0 Å². The van der Waals surface area contributed by atoms with E-state index in [4.69, 9.17) is 9.47 Å². The molecule has 1 N–H and O–H groups in total. The summed E-state index contributed by atoms with van der Waals surface area (Å²) in [4.78, 5) is 0. The maximum absolute atomic E-state index is 5.82. The van der Waals surface area contributed by atoms with Crippen LogP contribution in [0, 0.1) is 0 Å². The molecule has 1 aliphatic heterocycles. The van der Waals surface area contributed by atoms with Crippen LogP contribution < -0.4 is 5.32 Å². The molecule has 5 nitrogen and oxygen atoms in total. The Morgan fingerprint density at radius 2 is 2.41 bits per heavy atom. The first kappa shape index (κ1) is 12.5. The lowest BCUT2D eigenvalue weighted by Gasteiger charge is -2.19. The molecule has 0 saturated carbocycles. The molecule has 1 fully saturated rings. The van der Waals surface area contributed by atoms with Gasteiger partial charge in [-0.2, -0.15) is 5.10 Å². The molecule has 2 rings (SSSR count). The Hall–Kier alpha value is -0.910. The third kappa shape index (κ3) is 3.52. The van der Waals surface area contributed by atoms with E-state index in [0.29, 0.717) is 25.4 Å². The number of nitrogens with one attached hydrogen (secondary N) is 1. The van der Waals surface area contributed by atoms with Gasteiger partial charge >= 0.3 is 0 Å². The molecule has 1 aromatic rings. The largest absolute Gasteiger partial charge is 0.382 e. The van der Waals surface area contributed by atoms with E-state index in [1.54, 1.807) is 7.11 Å². The Balaban J connectivity index is 1.82. The standard InChI is InChI=1S/C12H21N3O2/c1-15-9-10(8-14-15)7-11-12(3-4-13-11)17-6-5-16-2/h8-9,11-13H,3-7H2,1-2H3/t11-,12-/m0/s1. The molecule has 96 valence electrons. The monoisotopic (exact) mass is 239 g/mol. The Morgan fingerprint density at radius 1 is 1.53 bits per heavy atom. The smallest absolute Gasteiger partial charge is 0.0744 e. The predicted molar refractivity (Wildman–Crippen MR) is 64.9 cm³/mol. The second-order valence-corrected chi connectivity index (χ2v) is 4.48. The highest BCUT2D eigenvalue weighted by atomic mass is 16.5. The second kappa shape index (κ2) is 6.14. The molecule has 5 heteroatoms. The third-order valence-electron chi connectivity index (χ3n) is 3.12. The van der Waals surface area contributed by atoms with Crippen LogP contribution in [0.2, 0.25) is 0 Å². The van der Waals surface area contributed by atoms with E-state index in [-0.39, 0.29) is 0 Å². The van der Waals surface area contributed by atoms with Gasteiger partial charge in [0.2, 0.25) is 0 Å². The fourth-order valence-electron chi connectivity index (χ4n) is 2.26. The summed E-state index contributed by atoms with van der Waals surface area (Å²) in [6.07, 6.45) is 6.34. The van der Waals surface area contributed by atoms with Gasteiger partial charge in [-0.1, -0.05) is 0 Å². The van der Waals surface area contributed by atoms with Crippen LogP contribution in [0.1, 0.15) is 12.0 Å². The molecule has 1 aliphatic rings. The molecular formula is C12H21N3O2. The molecule has 2 atom stereocenters. The highest BCUT2D eigenvalue weighted by Gasteiger charge is 2.27. The summed E-state index contributed by atoms with van der Waals surface area (Å²) in [5, 5.41) is 7.68. The molecular weight excluding hydrogens is 218 g/mol. The number of aryl methyl sites for hydroxylation is 1. The number of hydrogen-bond donors (Lipinski definition) is 1. The van der Waals surface area contributed by atoms with Crippen molar-refractivity contribution in [1.82, 2.24) is 15.1 Å². The van der Waals surface area contributed by atoms with Crippen molar-refractivity contribution in [1.29, 1.82) is 0 Å². The highest BCUT2D eigenvalue weighted by molar-refractivity contribution is 5.08. The summed E-state index contributed by atoms with van der Waals surface area (Å²) < 4.78 is 12.7. The van der Waals surface area contributed by atoms with Gasteiger partial charge < -0.3 is 14.8 Å². The van der Waals surface area contributed by atoms with Crippen molar-refractivity contribution in [3.8, 4) is 0 Å². The van der Waals surface area contributed by atoms with E-state index in [9.17, 15) is 0 Å². The molecule has 0 aromatic carbocycles. The molecule has 0 radical (unpaired) electrons. The normalized spacial score (nSPS) is 24.4. The lowest BCUT2D eigenvalue weighted by atomic mass is 10.1. The fourth-order valence-corrected chi connectivity index (χ4v) is 2.26. The summed E-state index contributed by atoms with van der Waals surface area (Å²) in [5.74, 6) is 0. The van der Waals surface area contributed by atoms with Gasteiger partial charge in [0, 0.05) is 26.4 Å². The Kier molecular flexibility index (Phi) is 4.53. The van der Waals surface area contributed by atoms with Crippen molar-refractivity contribution in [2.24, 2.45) is 7.05 Å². The lowest BCUT2D eigenvalue weighted by molar-refractivity contribution is 0.0119. The zero-order valence-electron chi connectivity index (χ0n) is 10.6. The molecule has 2 heterocycles. The summed E-state index contributed by atoms with van der Waals surface area (Å²) in [7, 11) is 3.64. The van der Waals surface area contributed by atoms with Crippen molar-refractivity contribution in [2.45, 2.75) is 25.0 Å². The number of ether oxygens (including phenoxy) is 2. The van der Waals surface area contributed by atoms with Gasteiger partial charge in [0.05, 0.1) is 25.5 Å². The van der Waals surface area contributed by atoms with Crippen molar-refractivity contribution < 1.29 is 9.47 Å². The van der Waals surface area contributed by atoms with Crippen LogP contribution in [0.25, 0.3) is 0 Å². The number of aromatic nitrogens is 2. The first-order valence-electron chi connectivity index (χ1n) is 6.11. The van der Waals surface area contributed by atoms with Crippen LogP contribution >= 0.6 is 0 Å². The van der Waals surface area contributed by atoms with Crippen molar-refractivity contribution in [2.75, 3.05) is 26.9 Å². The minimum atomic E-state index is 0.297. The first-order valence-corrected chi connectivity index (χ1v) is 6.11. The van der Waals surface area contributed by atoms with Crippen molar-refractivity contribution >= 4 is 0 Å². The Bertz CT molecular complexity index is 340. The maximum atomic E-state index is 5.82. The summed E-state index contributed by atoms with van der Waals surface area (Å²) in [6.45, 7) is 2.37. The van der Waals surface area contributed by atoms with E-state index < -0.39 is 0 Å². The molecule has 17 heavy (non-hydrogen) atoms. The number of methoxy groups -OCH3 is 1. The maximum Gasteiger partial charge on any atom is 0.0744 e. The predicted octanol–water partition coefficient (Wildman–Crippen LogP) is 0.356. The SMILES string of the molecule is COCCO[C@H]1CCN[C@H]1Cc1cnn(C)c1.